The number of carbonyl (C=O) groups is 8. The van der Waals surface area contributed by atoms with Crippen molar-refractivity contribution in [2.24, 2.45) is 31.5 Å². The summed E-state index contributed by atoms with van der Waals surface area (Å²) < 4.78 is 67.0. The van der Waals surface area contributed by atoms with Crippen molar-refractivity contribution in [3.63, 3.8) is 0 Å². The molecule has 9 aromatic rings. The van der Waals surface area contributed by atoms with E-state index in [1.54, 1.807) is 56.6 Å². The minimum atomic E-state index is -5.25. The number of carbonyl (C=O) groups excluding carboxylic acids is 8. The van der Waals surface area contributed by atoms with Crippen molar-refractivity contribution in [2.45, 2.75) is 123 Å². The van der Waals surface area contributed by atoms with Gasteiger partial charge in [-0.3, -0.25) is 28.9 Å². The number of nitrogens with one attached hydrogen (secondary N) is 3. The van der Waals surface area contributed by atoms with Crippen LogP contribution in [0.3, 0.4) is 0 Å². The molecule has 0 saturated carbocycles. The number of fused-ring (bicyclic) bond motifs is 5. The van der Waals surface area contributed by atoms with Gasteiger partial charge in [0, 0.05) is 111 Å². The molecular formula is C91H99F3N13O12+. The van der Waals surface area contributed by atoms with Crippen LogP contribution in [-0.4, -0.2) is 166 Å². The van der Waals surface area contributed by atoms with E-state index < -0.39 is 59.8 Å². The molecule has 0 radical (unpaired) electrons. The van der Waals surface area contributed by atoms with E-state index in [2.05, 4.69) is 57.1 Å². The van der Waals surface area contributed by atoms with E-state index in [0.29, 0.717) is 128 Å². The topological polar surface area (TPSA) is 308 Å². The number of nitrogens with two attached hydrogens (primary N) is 2. The number of benzene rings is 7. The fourth-order valence-electron chi connectivity index (χ4n) is 16.3. The number of hydrogen-bond acceptors (Lipinski definition) is 14. The van der Waals surface area contributed by atoms with Crippen LogP contribution < -0.4 is 41.8 Å². The third kappa shape index (κ3) is 18.9. The van der Waals surface area contributed by atoms with Crippen LogP contribution >= 0.6 is 0 Å². The maximum atomic E-state index is 15.6. The van der Waals surface area contributed by atoms with Crippen LogP contribution in [0.2, 0.25) is 0 Å². The second kappa shape index (κ2) is 36.1. The first-order valence-electron chi connectivity index (χ1n) is 40.0. The summed E-state index contributed by atoms with van der Waals surface area (Å²) in [5, 5.41) is 18.5. The average molecular weight is 1620 g/mol. The molecule has 2 aromatic heterocycles. The van der Waals surface area contributed by atoms with Crippen molar-refractivity contribution in [2.75, 3.05) is 76.4 Å². The highest BCUT2D eigenvalue weighted by atomic mass is 19.4. The van der Waals surface area contributed by atoms with Gasteiger partial charge >= 0.3 is 24.3 Å². The van der Waals surface area contributed by atoms with Gasteiger partial charge in [-0.15, -0.1) is 0 Å². The molecule has 0 spiro atoms. The Labute approximate surface area is 689 Å². The van der Waals surface area contributed by atoms with Gasteiger partial charge in [0.15, 0.2) is 0 Å². The Morgan fingerprint density at radius 1 is 0.739 bits per heavy atom. The molecule has 1 aliphatic carbocycles. The molecule has 0 unspecified atom stereocenters. The molecule has 25 nitrogen and oxygen atoms in total. The lowest BCUT2D eigenvalue weighted by molar-refractivity contribution is -0.947. The predicted molar refractivity (Wildman–Crippen MR) is 442 cm³/mol. The lowest BCUT2D eigenvalue weighted by atomic mass is 9.89. The number of esters is 1. The Kier molecular flexibility index (Phi) is 25.6. The molecule has 7 aromatic carbocycles. The summed E-state index contributed by atoms with van der Waals surface area (Å²) in [4.78, 5) is 117. The molecule has 1 saturated heterocycles. The fourth-order valence-corrected chi connectivity index (χ4v) is 16.3. The normalized spacial score (nSPS) is 15.2. The smallest absolute Gasteiger partial charge is 0.488 e. The van der Waals surface area contributed by atoms with Crippen LogP contribution in [0.1, 0.15) is 127 Å². The van der Waals surface area contributed by atoms with Crippen LogP contribution in [0.5, 0.6) is 11.5 Å². The number of hydrogen-bond donors (Lipinski definition) is 5. The van der Waals surface area contributed by atoms with Crippen molar-refractivity contribution in [1.82, 2.24) is 34.5 Å². The van der Waals surface area contributed by atoms with Gasteiger partial charge in [-0.1, -0.05) is 105 Å². The van der Waals surface area contributed by atoms with Crippen molar-refractivity contribution in [3.05, 3.63) is 242 Å². The summed E-state index contributed by atoms with van der Waals surface area (Å²) >= 11 is 0. The monoisotopic (exact) mass is 1620 g/mol. The zero-order valence-electron chi connectivity index (χ0n) is 68.0. The minimum absolute atomic E-state index is 0.0815. The van der Waals surface area contributed by atoms with Crippen LogP contribution in [0.25, 0.3) is 22.4 Å². The van der Waals surface area contributed by atoms with Crippen LogP contribution in [0, 0.1) is 31.1 Å². The van der Waals surface area contributed by atoms with Crippen molar-refractivity contribution in [3.8, 4) is 40.0 Å². The number of morpholine rings is 1. The maximum absolute atomic E-state index is 15.6. The largest absolute Gasteiger partial charge is 0.491 e. The first kappa shape index (κ1) is 84.3. The van der Waals surface area contributed by atoms with Crippen LogP contribution in [-0.2, 0) is 88.2 Å². The number of amides is 8. The van der Waals surface area contributed by atoms with Gasteiger partial charge in [-0.25, -0.2) is 14.4 Å². The number of nitrogens with zero attached hydrogens (tertiary/aromatic N) is 8. The molecule has 1 fully saturated rings. The standard InChI is InChI=1S/C91H98F3N13O12/c1-55(2)83(96)85(110)100-79(22-15-34-98-89(97)114)84(109)99-66-26-25-63(64(44-66)50-101(6)90(115)118-54-78-73-20-13-11-18-71(73)72-19-12-14-21-74(72)78)53-107(36-39-116-40-37-107)38-41-117-69-29-23-59(24-30-69)43-82(108)104-35-33-61-45-76(77(46-65(61)51-104)86(111)105-52-62-17-10-9-16-60(62)42-56(105)3)81-48-75(57(4)103(81)8)87(112)106(80-47-68(49-95)102(7)58(80)5)67-27-31-70(32-28-67)119-88(113)91(92,93)94/h9-14,16-21,23-32,44-48,55-56,78-79,83H,15,22,33-43,50-54,96H2,1-8H3,(H4-,97,98,99,100,109,110,114)/p+1/t56-,79+,83+/m1/s1. The Hall–Kier alpha value is -12.6. The zero-order chi connectivity index (χ0) is 84.7. The van der Waals surface area contributed by atoms with E-state index >= 15 is 9.59 Å². The van der Waals surface area contributed by atoms with Crippen molar-refractivity contribution < 1.29 is 75.0 Å². The van der Waals surface area contributed by atoms with Crippen LogP contribution in [0.4, 0.5) is 39.8 Å². The molecule has 4 aliphatic rings. The van der Waals surface area contributed by atoms with E-state index in [1.165, 1.54) is 28.0 Å². The van der Waals surface area contributed by atoms with Gasteiger partial charge in [0.05, 0.1) is 36.9 Å². The van der Waals surface area contributed by atoms with Crippen molar-refractivity contribution in [1.29, 1.82) is 5.26 Å². The number of quaternary nitrogens is 1. The number of primary amides is 1. The number of anilines is 3. The first-order valence-corrected chi connectivity index (χ1v) is 40.0. The van der Waals surface area contributed by atoms with E-state index in [9.17, 15) is 47.2 Å². The zero-order valence-corrected chi connectivity index (χ0v) is 68.0. The molecule has 28 heteroatoms. The van der Waals surface area contributed by atoms with Crippen LogP contribution in [0.15, 0.2) is 164 Å². The quantitative estimate of drug-likeness (QED) is 0.0138. The van der Waals surface area contributed by atoms with Gasteiger partial charge in [0.2, 0.25) is 17.7 Å². The summed E-state index contributed by atoms with van der Waals surface area (Å²) in [7, 11) is 5.14. The summed E-state index contributed by atoms with van der Waals surface area (Å²) in [6.45, 7) is 14.1. The third-order valence-corrected chi connectivity index (χ3v) is 23.5. The highest BCUT2D eigenvalue weighted by Crippen LogP contribution is 2.45. The molecule has 13 rings (SSSR count). The fraction of sp³-hybridized carbons (Fsp3) is 0.352. The summed E-state index contributed by atoms with van der Waals surface area (Å²) in [5.41, 5.74) is 26.1. The highest BCUT2D eigenvalue weighted by Gasteiger charge is 2.42. The van der Waals surface area contributed by atoms with E-state index in [1.807, 2.05) is 121 Å². The number of urea groups is 1. The second-order valence-corrected chi connectivity index (χ2v) is 31.6. The third-order valence-electron chi connectivity index (χ3n) is 23.5. The highest BCUT2D eigenvalue weighted by molar-refractivity contribution is 6.13. The number of rotatable bonds is 27. The molecule has 3 atom stereocenters. The van der Waals surface area contributed by atoms with E-state index in [-0.39, 0.29) is 85.7 Å². The van der Waals surface area contributed by atoms with Crippen molar-refractivity contribution >= 4 is 64.7 Å². The summed E-state index contributed by atoms with van der Waals surface area (Å²) in [6.07, 6.45) is -4.17. The average Bonchev–Trinajstić information content (AvgIpc) is 1.50. The van der Waals surface area contributed by atoms with Gasteiger partial charge in [-0.2, -0.15) is 18.4 Å². The Balaban J connectivity index is 0.714. The minimum Gasteiger partial charge on any atom is -0.488 e. The molecule has 620 valence electrons. The number of nitriles is 1. The van der Waals surface area contributed by atoms with Gasteiger partial charge in [0.1, 0.15) is 68.7 Å². The maximum Gasteiger partial charge on any atom is 0.491 e. The molecule has 8 amide bonds. The Morgan fingerprint density at radius 2 is 1.41 bits per heavy atom. The first-order chi connectivity index (χ1) is 57.0. The van der Waals surface area contributed by atoms with E-state index in [0.717, 1.165) is 73.3 Å². The van der Waals surface area contributed by atoms with Gasteiger partial charge in [0.25, 0.3) is 11.8 Å². The number of ether oxygens (including phenoxy) is 4. The Morgan fingerprint density at radius 3 is 2.08 bits per heavy atom. The molecule has 7 N–H and O–H groups in total. The lowest BCUT2D eigenvalue weighted by Gasteiger charge is -2.41. The van der Waals surface area contributed by atoms with Gasteiger partial charge in [-0.05, 0) is 181 Å². The summed E-state index contributed by atoms with van der Waals surface area (Å²) in [6, 6.07) is 48.7. The lowest BCUT2D eigenvalue weighted by Crippen LogP contribution is -2.56. The van der Waals surface area contributed by atoms with E-state index in [4.69, 9.17) is 25.7 Å². The number of aromatic nitrogens is 2. The molecule has 119 heavy (non-hydrogen) atoms. The molecule has 5 heterocycles. The predicted octanol–water partition coefficient (Wildman–Crippen LogP) is 12.3. The van der Waals surface area contributed by atoms with Gasteiger partial charge < -0.3 is 74.7 Å². The second-order valence-electron chi connectivity index (χ2n) is 31.6. The molecule has 3 aliphatic heterocycles. The molecule has 0 bridgehead atoms. The molecular weight excluding hydrogens is 1520 g/mol. The summed E-state index contributed by atoms with van der Waals surface area (Å²) in [5.74, 6) is -4.53. The Bertz CT molecular complexity index is 5350. The SMILES string of the molecule is Cc1c(N(C(=O)c2cc(-c3cc4c(cc3C(=O)N3Cc5ccccc5C[C@H]3C)CN(C(=O)Cc3ccc(OCC[N+]5(Cc6ccc(NC(=O)[C@H](CCCNC(N)=O)NC(=O)[C@@H](N)C(C)C)cc6CN(C)C(=O)OCC6c7ccccc7-c7ccccc76)CCOCC5)cc3)CC4)n(C)c2C)c2ccc(OC(=O)C(F)(F)F)cc2)cc(C#N)n1C. The number of alkyl halides is 3. The number of halogens is 3.